The predicted molar refractivity (Wildman–Crippen MR) is 55.5 cm³/mol. The summed E-state index contributed by atoms with van der Waals surface area (Å²) in [7, 11) is 0. The molecule has 4 heteroatoms. The number of hydrogen-bond donors (Lipinski definition) is 1. The molecule has 0 saturated heterocycles. The van der Waals surface area contributed by atoms with Gasteiger partial charge in [-0.3, -0.25) is 4.79 Å². The monoisotopic (exact) mass is 218 g/mol. The van der Waals surface area contributed by atoms with E-state index in [1.807, 2.05) is 0 Å². The molecule has 2 aliphatic rings. The quantitative estimate of drug-likeness (QED) is 0.764. The van der Waals surface area contributed by atoms with Crippen LogP contribution in [0, 0.1) is 0 Å². The lowest BCUT2D eigenvalue weighted by Gasteiger charge is -2.22. The van der Waals surface area contributed by atoms with E-state index in [0.29, 0.717) is 5.75 Å². The van der Waals surface area contributed by atoms with E-state index >= 15 is 0 Å². The fourth-order valence-corrected chi connectivity index (χ4v) is 2.06. The molecule has 3 rings (SSSR count). The topological polar surface area (TPSA) is 55.8 Å². The molecule has 1 heterocycles. The second-order valence-corrected chi connectivity index (χ2v) is 3.84. The molecule has 1 aliphatic carbocycles. The molecule has 2 unspecified atom stereocenters. The van der Waals surface area contributed by atoms with Gasteiger partial charge in [-0.25, -0.2) is 0 Å². The van der Waals surface area contributed by atoms with Crippen LogP contribution in [0.1, 0.15) is 11.5 Å². The van der Waals surface area contributed by atoms with Gasteiger partial charge in [0.2, 0.25) is 6.79 Å². The highest BCUT2D eigenvalue weighted by Gasteiger charge is 2.33. The second kappa shape index (κ2) is 3.35. The summed E-state index contributed by atoms with van der Waals surface area (Å²) in [5.74, 6) is 0.705. The first kappa shape index (κ1) is 9.42. The van der Waals surface area contributed by atoms with Crippen LogP contribution in [-0.2, 0) is 4.79 Å². The van der Waals surface area contributed by atoms with E-state index in [9.17, 15) is 9.90 Å². The Morgan fingerprint density at radius 1 is 1.31 bits per heavy atom. The van der Waals surface area contributed by atoms with Gasteiger partial charge in [0.05, 0.1) is 12.0 Å². The van der Waals surface area contributed by atoms with E-state index in [2.05, 4.69) is 0 Å². The molecular formula is C12H10O4. The van der Waals surface area contributed by atoms with Crippen LogP contribution in [0.5, 0.6) is 11.5 Å². The van der Waals surface area contributed by atoms with Crippen molar-refractivity contribution in [1.29, 1.82) is 0 Å². The molecule has 1 aromatic carbocycles. The number of allylic oxidation sites excluding steroid dienone is 1. The maximum absolute atomic E-state index is 11.6. The molecule has 0 fully saturated rings. The summed E-state index contributed by atoms with van der Waals surface area (Å²) in [5, 5.41) is 9.73. The van der Waals surface area contributed by atoms with Crippen molar-refractivity contribution in [3.63, 3.8) is 0 Å². The Morgan fingerprint density at radius 3 is 2.94 bits per heavy atom. The molecule has 0 radical (unpaired) electrons. The first-order valence-electron chi connectivity index (χ1n) is 5.05. The summed E-state index contributed by atoms with van der Waals surface area (Å²) in [6.45, 7) is 0.152. The van der Waals surface area contributed by atoms with Crippen LogP contribution in [0.25, 0.3) is 0 Å². The van der Waals surface area contributed by atoms with Gasteiger partial charge in [-0.2, -0.15) is 0 Å². The van der Waals surface area contributed by atoms with Crippen molar-refractivity contribution in [2.24, 2.45) is 0 Å². The minimum absolute atomic E-state index is 0.0911. The summed E-state index contributed by atoms with van der Waals surface area (Å²) < 4.78 is 10.5. The van der Waals surface area contributed by atoms with E-state index < -0.39 is 12.0 Å². The second-order valence-electron chi connectivity index (χ2n) is 3.84. The van der Waals surface area contributed by atoms with Gasteiger partial charge < -0.3 is 14.6 Å². The Labute approximate surface area is 92.1 Å². The molecule has 82 valence electrons. The summed E-state index contributed by atoms with van der Waals surface area (Å²) in [4.78, 5) is 11.6. The smallest absolute Gasteiger partial charge is 0.230 e. The number of aliphatic hydroxyl groups excluding tert-OH is 1. The summed E-state index contributed by atoms with van der Waals surface area (Å²) in [6.07, 6.45) is 2.16. The zero-order chi connectivity index (χ0) is 11.1. The molecular weight excluding hydrogens is 208 g/mol. The maximum atomic E-state index is 11.6. The number of benzene rings is 1. The number of ketones is 1. The van der Waals surface area contributed by atoms with Crippen LogP contribution in [0.2, 0.25) is 0 Å². The van der Waals surface area contributed by atoms with Gasteiger partial charge in [0.1, 0.15) is 11.5 Å². The lowest BCUT2D eigenvalue weighted by atomic mass is 9.93. The minimum atomic E-state index is -0.763. The van der Waals surface area contributed by atoms with Crippen LogP contribution in [0.15, 0.2) is 30.4 Å². The summed E-state index contributed by atoms with van der Waals surface area (Å²) in [5.41, 5.74) is 0.717. The van der Waals surface area contributed by atoms with Gasteiger partial charge in [-0.1, -0.05) is 12.1 Å². The van der Waals surface area contributed by atoms with Crippen molar-refractivity contribution in [2.75, 3.05) is 6.79 Å². The number of aliphatic hydroxyl groups is 1. The fourth-order valence-electron chi connectivity index (χ4n) is 2.06. The zero-order valence-corrected chi connectivity index (χ0v) is 8.42. The Bertz CT molecular complexity index is 478. The van der Waals surface area contributed by atoms with Gasteiger partial charge in [0.25, 0.3) is 0 Å². The van der Waals surface area contributed by atoms with Crippen LogP contribution in [0.3, 0.4) is 0 Å². The number of carbonyl (C=O) groups excluding carboxylic acids is 1. The van der Waals surface area contributed by atoms with Crippen molar-refractivity contribution in [1.82, 2.24) is 0 Å². The Hall–Kier alpha value is -1.81. The Morgan fingerprint density at radius 2 is 2.19 bits per heavy atom. The average molecular weight is 218 g/mol. The standard InChI is InChI=1S/C12H10O4/c13-9-3-4-10(14)12(9)8-2-1-7-5-11(8)16-6-15-7/h1-5,9,12-13H,6H2. The van der Waals surface area contributed by atoms with Crippen LogP contribution in [-0.4, -0.2) is 23.8 Å². The number of hydrogen-bond acceptors (Lipinski definition) is 4. The molecule has 2 bridgehead atoms. The number of ether oxygens (including phenoxy) is 2. The molecule has 1 aromatic rings. The number of rotatable bonds is 1. The van der Waals surface area contributed by atoms with Crippen molar-refractivity contribution >= 4 is 5.78 Å². The molecule has 0 amide bonds. The van der Waals surface area contributed by atoms with Crippen molar-refractivity contribution in [2.45, 2.75) is 12.0 Å². The predicted octanol–water partition coefficient (Wildman–Crippen LogP) is 0.999. The van der Waals surface area contributed by atoms with E-state index in [0.717, 1.165) is 11.3 Å². The van der Waals surface area contributed by atoms with Crippen LogP contribution < -0.4 is 9.47 Å². The fraction of sp³-hybridized carbons (Fsp3) is 0.250. The summed E-state index contributed by atoms with van der Waals surface area (Å²) in [6, 6.07) is 5.28. The highest BCUT2D eigenvalue weighted by atomic mass is 16.7. The summed E-state index contributed by atoms with van der Waals surface area (Å²) >= 11 is 0. The molecule has 2 atom stereocenters. The van der Waals surface area contributed by atoms with Gasteiger partial charge in [0, 0.05) is 11.6 Å². The third-order valence-electron chi connectivity index (χ3n) is 2.87. The lowest BCUT2D eigenvalue weighted by molar-refractivity contribution is -0.116. The van der Waals surface area contributed by atoms with Gasteiger partial charge in [0.15, 0.2) is 5.78 Å². The minimum Gasteiger partial charge on any atom is -0.457 e. The van der Waals surface area contributed by atoms with E-state index in [1.165, 1.54) is 12.2 Å². The molecule has 16 heavy (non-hydrogen) atoms. The molecule has 0 spiro atoms. The SMILES string of the molecule is O=C1C=CC(O)C1c1ccc2cc1OCO2. The maximum Gasteiger partial charge on any atom is 0.230 e. The first-order valence-corrected chi connectivity index (χ1v) is 5.05. The van der Waals surface area contributed by atoms with Gasteiger partial charge in [-0.05, 0) is 12.1 Å². The number of fused-ring (bicyclic) bond motifs is 2. The van der Waals surface area contributed by atoms with Crippen LogP contribution >= 0.6 is 0 Å². The highest BCUT2D eigenvalue weighted by Crippen LogP contribution is 2.37. The van der Waals surface area contributed by atoms with Gasteiger partial charge >= 0.3 is 0 Å². The molecule has 0 aromatic heterocycles. The van der Waals surface area contributed by atoms with Gasteiger partial charge in [-0.15, -0.1) is 0 Å². The molecule has 1 N–H and O–H groups in total. The third kappa shape index (κ3) is 1.31. The molecule has 1 aliphatic heterocycles. The normalized spacial score (nSPS) is 26.4. The van der Waals surface area contributed by atoms with Crippen LogP contribution in [0.4, 0.5) is 0 Å². The lowest BCUT2D eigenvalue weighted by Crippen LogP contribution is -2.21. The van der Waals surface area contributed by atoms with E-state index in [1.54, 1.807) is 18.2 Å². The van der Waals surface area contributed by atoms with Crippen molar-refractivity contribution < 1.29 is 19.4 Å². The average Bonchev–Trinajstić information content (AvgIpc) is 2.61. The molecule has 0 saturated carbocycles. The Kier molecular flexibility index (Phi) is 1.97. The largest absolute Gasteiger partial charge is 0.457 e. The van der Waals surface area contributed by atoms with E-state index in [-0.39, 0.29) is 12.6 Å². The first-order chi connectivity index (χ1) is 7.75. The van der Waals surface area contributed by atoms with Crippen molar-refractivity contribution in [3.05, 3.63) is 35.9 Å². The highest BCUT2D eigenvalue weighted by molar-refractivity contribution is 5.99. The van der Waals surface area contributed by atoms with Crippen molar-refractivity contribution in [3.8, 4) is 11.5 Å². The molecule has 4 nitrogen and oxygen atoms in total. The van der Waals surface area contributed by atoms with E-state index in [4.69, 9.17) is 9.47 Å². The Balaban J connectivity index is 2.04. The number of carbonyl (C=O) groups is 1. The third-order valence-corrected chi connectivity index (χ3v) is 2.87. The zero-order valence-electron chi connectivity index (χ0n) is 8.42.